The van der Waals surface area contributed by atoms with Crippen LogP contribution in [0.1, 0.15) is 55.7 Å². The predicted molar refractivity (Wildman–Crippen MR) is 154 cm³/mol. The van der Waals surface area contributed by atoms with E-state index in [-0.39, 0.29) is 24.8 Å². The number of carbonyl (C=O) groups is 2. The Morgan fingerprint density at radius 2 is 1.95 bits per heavy atom. The maximum atomic E-state index is 14.5. The lowest BCUT2D eigenvalue weighted by Gasteiger charge is -2.28. The van der Waals surface area contributed by atoms with E-state index < -0.39 is 24.0 Å². The number of fused-ring (bicyclic) bond motifs is 2. The third kappa shape index (κ3) is 10.8. The second-order valence-corrected chi connectivity index (χ2v) is 11.0. The van der Waals surface area contributed by atoms with Gasteiger partial charge in [-0.1, -0.05) is 31.2 Å². The van der Waals surface area contributed by atoms with Crippen LogP contribution in [0.4, 0.5) is 4.39 Å². The fraction of sp³-hybridized carbons (Fsp3) is 0.533. The number of hydrogen-bond donors (Lipinski definition) is 4. The summed E-state index contributed by atoms with van der Waals surface area (Å²) in [5.41, 5.74) is 2.96. The number of aliphatic hydroxyl groups is 1. The molecule has 4 N–H and O–H groups in total. The van der Waals surface area contributed by atoms with Crippen LogP contribution >= 0.6 is 11.8 Å². The van der Waals surface area contributed by atoms with Gasteiger partial charge >= 0.3 is 0 Å². The summed E-state index contributed by atoms with van der Waals surface area (Å²) in [6.45, 7) is 3.32. The topological polar surface area (TPSA) is 99.7 Å². The number of nitrogens with one attached hydrogen (secondary N) is 3. The normalized spacial score (nSPS) is 20.0. The van der Waals surface area contributed by atoms with Gasteiger partial charge in [-0.05, 0) is 79.4 Å². The molecule has 0 fully saturated rings. The fourth-order valence-corrected chi connectivity index (χ4v) is 5.11. The van der Waals surface area contributed by atoms with Crippen molar-refractivity contribution in [1.29, 1.82) is 0 Å². The van der Waals surface area contributed by atoms with E-state index >= 15 is 0 Å². The molecule has 0 aliphatic carbocycles. The summed E-state index contributed by atoms with van der Waals surface area (Å²) in [6, 6.07) is 11.3. The van der Waals surface area contributed by atoms with Crippen molar-refractivity contribution in [3.05, 3.63) is 65.0 Å². The van der Waals surface area contributed by atoms with Crippen LogP contribution in [0.5, 0.6) is 5.75 Å². The molecule has 1 heterocycles. The Kier molecular flexibility index (Phi) is 13.1. The van der Waals surface area contributed by atoms with Gasteiger partial charge in [0.25, 0.3) is 0 Å². The zero-order valence-electron chi connectivity index (χ0n) is 23.0. The zero-order chi connectivity index (χ0) is 28.0. The summed E-state index contributed by atoms with van der Waals surface area (Å²) in [4.78, 5) is 25.9. The Bertz CT molecular complexity index is 1070. The van der Waals surface area contributed by atoms with Crippen molar-refractivity contribution in [2.24, 2.45) is 0 Å². The third-order valence-electron chi connectivity index (χ3n) is 6.84. The first kappa shape index (κ1) is 30.9. The molecule has 2 bridgehead atoms. The lowest BCUT2D eigenvalue weighted by molar-refractivity contribution is -0.130. The van der Waals surface area contributed by atoms with Gasteiger partial charge in [-0.2, -0.15) is 11.8 Å². The molecule has 1 aliphatic rings. The van der Waals surface area contributed by atoms with Crippen LogP contribution in [0.3, 0.4) is 0 Å². The van der Waals surface area contributed by atoms with E-state index in [1.54, 1.807) is 17.8 Å². The molecule has 0 saturated heterocycles. The maximum absolute atomic E-state index is 14.5. The molecule has 2 aromatic rings. The number of hydrogen-bond acceptors (Lipinski definition) is 6. The Morgan fingerprint density at radius 3 is 2.74 bits per heavy atom. The first-order chi connectivity index (χ1) is 18.9. The molecule has 7 nitrogen and oxygen atoms in total. The molecule has 0 aromatic heterocycles. The van der Waals surface area contributed by atoms with Crippen LogP contribution < -0.4 is 20.7 Å². The number of halogens is 1. The highest BCUT2D eigenvalue weighted by Gasteiger charge is 2.27. The average Bonchev–Trinajstić information content (AvgIpc) is 2.91. The summed E-state index contributed by atoms with van der Waals surface area (Å²) < 4.78 is 20.2. The molecular weight excluding hydrogens is 517 g/mol. The van der Waals surface area contributed by atoms with Crippen LogP contribution in [0, 0.1) is 5.82 Å². The lowest BCUT2D eigenvalue weighted by atomic mass is 9.99. The van der Waals surface area contributed by atoms with Gasteiger partial charge in [0.05, 0.1) is 18.8 Å². The Morgan fingerprint density at radius 1 is 1.13 bits per heavy atom. The summed E-state index contributed by atoms with van der Waals surface area (Å²) >= 11 is 1.60. The van der Waals surface area contributed by atoms with E-state index in [4.69, 9.17) is 4.74 Å². The molecule has 9 heteroatoms. The van der Waals surface area contributed by atoms with Crippen molar-refractivity contribution in [2.45, 2.75) is 76.6 Å². The fourth-order valence-electron chi connectivity index (χ4n) is 4.63. The first-order valence-electron chi connectivity index (χ1n) is 13.9. The first-order valence-corrected chi connectivity index (χ1v) is 15.2. The Labute approximate surface area is 235 Å². The monoisotopic (exact) mass is 559 g/mol. The van der Waals surface area contributed by atoms with Gasteiger partial charge in [-0.15, -0.1) is 0 Å². The number of amides is 2. The average molecular weight is 560 g/mol. The molecule has 2 amide bonds. The second-order valence-electron chi connectivity index (χ2n) is 10.0. The van der Waals surface area contributed by atoms with Gasteiger partial charge in [-0.3, -0.25) is 9.59 Å². The van der Waals surface area contributed by atoms with Crippen molar-refractivity contribution in [3.63, 3.8) is 0 Å². The van der Waals surface area contributed by atoms with Crippen LogP contribution in [0.15, 0.2) is 42.5 Å². The molecule has 3 atom stereocenters. The number of benzene rings is 2. The number of thioether (sulfide) groups is 1. The third-order valence-corrected chi connectivity index (χ3v) is 7.48. The highest BCUT2D eigenvalue weighted by Crippen LogP contribution is 2.20. The smallest absolute Gasteiger partial charge is 0.242 e. The summed E-state index contributed by atoms with van der Waals surface area (Å²) in [5, 5.41) is 20.3. The predicted octanol–water partition coefficient (Wildman–Crippen LogP) is 3.76. The summed E-state index contributed by atoms with van der Waals surface area (Å²) in [6.07, 6.45) is 5.16. The minimum absolute atomic E-state index is 0.162. The Hall–Kier alpha value is -2.62. The van der Waals surface area contributed by atoms with E-state index in [1.165, 1.54) is 17.7 Å². The van der Waals surface area contributed by atoms with Crippen LogP contribution in [0.25, 0.3) is 0 Å². The molecule has 2 aromatic carbocycles. The van der Waals surface area contributed by atoms with Crippen molar-refractivity contribution in [1.82, 2.24) is 16.0 Å². The van der Waals surface area contributed by atoms with Gasteiger partial charge in [0.2, 0.25) is 11.8 Å². The second kappa shape index (κ2) is 16.5. The van der Waals surface area contributed by atoms with Crippen LogP contribution in [-0.4, -0.2) is 60.3 Å². The minimum Gasteiger partial charge on any atom is -0.493 e. The van der Waals surface area contributed by atoms with E-state index in [2.05, 4.69) is 35.0 Å². The van der Waals surface area contributed by atoms with Gasteiger partial charge in [0, 0.05) is 25.6 Å². The highest BCUT2D eigenvalue weighted by atomic mass is 32.2. The van der Waals surface area contributed by atoms with E-state index in [1.807, 2.05) is 18.4 Å². The number of aryl methyl sites for hydroxylation is 1. The molecule has 1 aliphatic heterocycles. The number of rotatable bonds is 9. The van der Waals surface area contributed by atoms with E-state index in [0.29, 0.717) is 49.5 Å². The van der Waals surface area contributed by atoms with Crippen molar-refractivity contribution < 1.29 is 23.8 Å². The Balaban J connectivity index is 1.79. The standard InChI is InChI=1S/C30H42FN3O4S/c1-3-21-8-7-9-22(14-21)19-32-20-28(35)27-17-23-15-24(31)18-25(16-23)38-12-6-4-5-10-29(36)33-26(11-13-39-2)30(37)34-27/h7-9,14-16,18,26-28,32,35H,3-6,10-13,17,19-20H2,1-2H3,(H,33,36)(H,34,37)/t26?,27?,28-/m1/s1. The molecule has 39 heavy (non-hydrogen) atoms. The molecule has 0 saturated carbocycles. The van der Waals surface area contributed by atoms with Gasteiger partial charge in [0.15, 0.2) is 0 Å². The van der Waals surface area contributed by atoms with E-state index in [9.17, 15) is 19.1 Å². The SMILES string of the molecule is CCc1cccc(CNC[C@@H](O)C2Cc3cc(F)cc(c3)OCCCCCC(=O)NC(CCSC)C(=O)N2)c1. The quantitative estimate of drug-likeness (QED) is 0.374. The highest BCUT2D eigenvalue weighted by molar-refractivity contribution is 7.98. The minimum atomic E-state index is -0.952. The number of carbonyl (C=O) groups excluding carboxylic acids is 2. The number of aliphatic hydroxyl groups excluding tert-OH is 1. The van der Waals surface area contributed by atoms with Gasteiger partial charge in [-0.25, -0.2) is 4.39 Å². The largest absolute Gasteiger partial charge is 0.493 e. The molecule has 0 spiro atoms. The molecule has 214 valence electrons. The zero-order valence-corrected chi connectivity index (χ0v) is 23.8. The molecule has 2 unspecified atom stereocenters. The van der Waals surface area contributed by atoms with Crippen molar-refractivity contribution in [3.8, 4) is 5.75 Å². The lowest BCUT2D eigenvalue weighted by Crippen LogP contribution is -2.55. The van der Waals surface area contributed by atoms with Crippen LogP contribution in [-0.2, 0) is 29.0 Å². The molecule has 0 radical (unpaired) electrons. The summed E-state index contributed by atoms with van der Waals surface area (Å²) in [5.74, 6) is 0.180. The maximum Gasteiger partial charge on any atom is 0.242 e. The van der Waals surface area contributed by atoms with Gasteiger partial charge in [0.1, 0.15) is 17.6 Å². The van der Waals surface area contributed by atoms with Crippen molar-refractivity contribution >= 4 is 23.6 Å². The molecular formula is C30H42FN3O4S. The number of ether oxygens (including phenoxy) is 1. The van der Waals surface area contributed by atoms with Crippen molar-refractivity contribution in [2.75, 3.05) is 25.2 Å². The summed E-state index contributed by atoms with van der Waals surface area (Å²) in [7, 11) is 0. The van der Waals surface area contributed by atoms with E-state index in [0.717, 1.165) is 24.8 Å². The van der Waals surface area contributed by atoms with Gasteiger partial charge < -0.3 is 25.8 Å². The molecule has 3 rings (SSSR count). The van der Waals surface area contributed by atoms with Crippen LogP contribution in [0.2, 0.25) is 0 Å².